The summed E-state index contributed by atoms with van der Waals surface area (Å²) >= 11 is 0. The normalized spacial score (nSPS) is 17.7. The Morgan fingerprint density at radius 3 is 2.41 bits per heavy atom. The van der Waals surface area contributed by atoms with Gasteiger partial charge in [0.05, 0.1) is 18.4 Å². The van der Waals surface area contributed by atoms with Crippen LogP contribution in [0.4, 0.5) is 5.69 Å². The molecule has 164 valence electrons. The first-order chi connectivity index (χ1) is 15.6. The zero-order chi connectivity index (χ0) is 22.5. The summed E-state index contributed by atoms with van der Waals surface area (Å²) in [6.45, 7) is 2.76. The van der Waals surface area contributed by atoms with Crippen LogP contribution in [0.3, 0.4) is 0 Å². The molecule has 6 heteroatoms. The van der Waals surface area contributed by atoms with Gasteiger partial charge in [0.2, 0.25) is 0 Å². The van der Waals surface area contributed by atoms with Crippen molar-refractivity contribution < 1.29 is 23.8 Å². The Balaban J connectivity index is 1.70. The second kappa shape index (κ2) is 9.56. The fourth-order valence-electron chi connectivity index (χ4n) is 3.81. The highest BCUT2D eigenvalue weighted by atomic mass is 16.5. The van der Waals surface area contributed by atoms with Gasteiger partial charge in [-0.2, -0.15) is 0 Å². The molecular weight excluding hydrogens is 406 g/mol. The minimum Gasteiger partial charge on any atom is -0.507 e. The van der Waals surface area contributed by atoms with Crippen molar-refractivity contribution in [3.63, 3.8) is 0 Å². The van der Waals surface area contributed by atoms with Crippen molar-refractivity contribution in [1.29, 1.82) is 0 Å². The highest BCUT2D eigenvalue weighted by Gasteiger charge is 2.48. The Bertz CT molecular complexity index is 1100. The first kappa shape index (κ1) is 21.4. The van der Waals surface area contributed by atoms with Gasteiger partial charge < -0.3 is 14.3 Å². The molecule has 1 atom stereocenters. The number of ketones is 1. The lowest BCUT2D eigenvalue weighted by Crippen LogP contribution is -2.29. The van der Waals surface area contributed by atoms with E-state index in [9.17, 15) is 14.7 Å². The molecule has 2 heterocycles. The second-order valence-electron chi connectivity index (χ2n) is 7.60. The summed E-state index contributed by atoms with van der Waals surface area (Å²) in [7, 11) is 0. The smallest absolute Gasteiger partial charge is 0.300 e. The van der Waals surface area contributed by atoms with Gasteiger partial charge in [0, 0.05) is 11.3 Å². The monoisotopic (exact) mass is 431 g/mol. The number of aliphatic hydroxyl groups is 1. The van der Waals surface area contributed by atoms with Crippen LogP contribution in [0.5, 0.6) is 5.75 Å². The van der Waals surface area contributed by atoms with Crippen molar-refractivity contribution in [2.24, 2.45) is 0 Å². The third-order valence-corrected chi connectivity index (χ3v) is 5.44. The molecule has 1 aliphatic heterocycles. The number of amides is 1. The molecule has 0 aliphatic carbocycles. The first-order valence-electron chi connectivity index (χ1n) is 10.7. The average Bonchev–Trinajstić information content (AvgIpc) is 3.44. The third-order valence-electron chi connectivity index (χ3n) is 5.44. The fraction of sp³-hybridized carbons (Fsp3) is 0.231. The van der Waals surface area contributed by atoms with Crippen molar-refractivity contribution in [3.8, 4) is 5.75 Å². The van der Waals surface area contributed by atoms with Gasteiger partial charge in [-0.1, -0.05) is 38.0 Å². The van der Waals surface area contributed by atoms with E-state index < -0.39 is 17.7 Å². The Labute approximate surface area is 186 Å². The SMILES string of the molecule is CCCCCOc1ccc(/C(O)=C2/C(=O)C(=O)N(c3ccccc3)C2c2ccco2)cc1. The molecular formula is C26H25NO5. The zero-order valence-corrected chi connectivity index (χ0v) is 17.9. The molecule has 1 saturated heterocycles. The van der Waals surface area contributed by atoms with Crippen molar-refractivity contribution in [1.82, 2.24) is 0 Å². The van der Waals surface area contributed by atoms with E-state index in [1.165, 1.54) is 11.2 Å². The minimum absolute atomic E-state index is 0.00887. The predicted molar refractivity (Wildman–Crippen MR) is 121 cm³/mol. The topological polar surface area (TPSA) is 80.0 Å². The van der Waals surface area contributed by atoms with E-state index in [1.54, 1.807) is 60.7 Å². The Morgan fingerprint density at radius 2 is 1.75 bits per heavy atom. The van der Waals surface area contributed by atoms with Gasteiger partial charge in [0.15, 0.2) is 0 Å². The standard InChI is InChI=1S/C26H25NO5/c1-2-3-7-16-31-20-14-12-18(13-15-20)24(28)22-23(21-11-8-17-32-21)27(26(30)25(22)29)19-9-5-4-6-10-19/h4-6,8-15,17,23,28H,2-3,7,16H2,1H3/b24-22-. The number of para-hydroxylation sites is 1. The van der Waals surface area contributed by atoms with Crippen LogP contribution in [0.15, 0.2) is 83.0 Å². The van der Waals surface area contributed by atoms with E-state index in [1.807, 2.05) is 6.07 Å². The first-order valence-corrected chi connectivity index (χ1v) is 10.7. The maximum Gasteiger partial charge on any atom is 0.300 e. The van der Waals surface area contributed by atoms with Crippen LogP contribution in [0, 0.1) is 0 Å². The van der Waals surface area contributed by atoms with Crippen LogP contribution in [0.25, 0.3) is 5.76 Å². The number of carbonyl (C=O) groups is 2. The molecule has 0 bridgehead atoms. The number of nitrogens with zero attached hydrogens (tertiary/aromatic N) is 1. The summed E-state index contributed by atoms with van der Waals surface area (Å²) in [6.07, 6.45) is 4.68. The van der Waals surface area contributed by atoms with Gasteiger partial charge in [-0.25, -0.2) is 0 Å². The van der Waals surface area contributed by atoms with Gasteiger partial charge in [-0.15, -0.1) is 0 Å². The molecule has 1 aliphatic rings. The van der Waals surface area contributed by atoms with E-state index in [-0.39, 0.29) is 11.3 Å². The number of benzene rings is 2. The summed E-state index contributed by atoms with van der Waals surface area (Å²) < 4.78 is 11.3. The molecule has 6 nitrogen and oxygen atoms in total. The van der Waals surface area contributed by atoms with E-state index >= 15 is 0 Å². The van der Waals surface area contributed by atoms with Gasteiger partial charge in [0.1, 0.15) is 23.3 Å². The molecule has 1 N–H and O–H groups in total. The van der Waals surface area contributed by atoms with Crippen LogP contribution in [-0.2, 0) is 9.59 Å². The molecule has 0 radical (unpaired) electrons. The zero-order valence-electron chi connectivity index (χ0n) is 17.9. The molecule has 1 amide bonds. The van der Waals surface area contributed by atoms with Crippen LogP contribution < -0.4 is 9.64 Å². The number of hydrogen-bond acceptors (Lipinski definition) is 5. The average molecular weight is 431 g/mol. The van der Waals surface area contributed by atoms with E-state index in [2.05, 4.69) is 6.92 Å². The summed E-state index contributed by atoms with van der Waals surface area (Å²) in [6, 6.07) is 18.2. The molecule has 32 heavy (non-hydrogen) atoms. The fourth-order valence-corrected chi connectivity index (χ4v) is 3.81. The highest BCUT2D eigenvalue weighted by Crippen LogP contribution is 2.42. The van der Waals surface area contributed by atoms with E-state index in [0.717, 1.165) is 19.3 Å². The number of rotatable bonds is 8. The largest absolute Gasteiger partial charge is 0.507 e. The molecule has 2 aromatic carbocycles. The quantitative estimate of drug-likeness (QED) is 0.221. The molecule has 1 unspecified atom stereocenters. The molecule has 0 spiro atoms. The van der Waals surface area contributed by atoms with Crippen LogP contribution >= 0.6 is 0 Å². The van der Waals surface area contributed by atoms with E-state index in [0.29, 0.717) is 29.4 Å². The molecule has 3 aromatic rings. The Morgan fingerprint density at radius 1 is 1.00 bits per heavy atom. The lowest BCUT2D eigenvalue weighted by Gasteiger charge is -2.23. The number of ether oxygens (including phenoxy) is 1. The van der Waals surface area contributed by atoms with Crippen molar-refractivity contribution >= 4 is 23.1 Å². The number of anilines is 1. The minimum atomic E-state index is -0.864. The van der Waals surface area contributed by atoms with Crippen LogP contribution in [0.1, 0.15) is 43.6 Å². The molecule has 1 aromatic heterocycles. The molecule has 4 rings (SSSR count). The van der Waals surface area contributed by atoms with Crippen LogP contribution in [-0.4, -0.2) is 23.4 Å². The van der Waals surface area contributed by atoms with Gasteiger partial charge in [-0.05, 0) is 55.0 Å². The van der Waals surface area contributed by atoms with Crippen molar-refractivity contribution in [2.75, 3.05) is 11.5 Å². The van der Waals surface area contributed by atoms with Gasteiger partial charge in [0.25, 0.3) is 11.7 Å². The Kier molecular flexibility index (Phi) is 6.40. The number of hydrogen-bond donors (Lipinski definition) is 1. The highest BCUT2D eigenvalue weighted by molar-refractivity contribution is 6.51. The summed E-state index contributed by atoms with van der Waals surface area (Å²) in [4.78, 5) is 27.3. The molecule has 1 fully saturated rings. The Hall–Kier alpha value is -3.80. The lowest BCUT2D eigenvalue weighted by atomic mass is 9.99. The van der Waals surface area contributed by atoms with Crippen molar-refractivity contribution in [3.05, 3.63) is 89.9 Å². The summed E-state index contributed by atoms with van der Waals surface area (Å²) in [5, 5.41) is 11.1. The third kappa shape index (κ3) is 4.17. The number of carbonyl (C=O) groups excluding carboxylic acids is 2. The number of unbranched alkanes of at least 4 members (excludes halogenated alkanes) is 2. The molecule has 0 saturated carbocycles. The van der Waals surface area contributed by atoms with Crippen LogP contribution in [0.2, 0.25) is 0 Å². The van der Waals surface area contributed by atoms with Gasteiger partial charge >= 0.3 is 0 Å². The van der Waals surface area contributed by atoms with E-state index in [4.69, 9.17) is 9.15 Å². The summed E-state index contributed by atoms with van der Waals surface area (Å²) in [5.41, 5.74) is 0.963. The number of Topliss-reactive ketones (excluding diaryl/α,β-unsaturated/α-hetero) is 1. The summed E-state index contributed by atoms with van der Waals surface area (Å²) in [5.74, 6) is -0.640. The maximum atomic E-state index is 13.0. The number of furan rings is 1. The second-order valence-corrected chi connectivity index (χ2v) is 7.60. The van der Waals surface area contributed by atoms with Gasteiger partial charge in [-0.3, -0.25) is 14.5 Å². The predicted octanol–water partition coefficient (Wildman–Crippen LogP) is 5.47. The van der Waals surface area contributed by atoms with Crippen molar-refractivity contribution in [2.45, 2.75) is 32.2 Å². The lowest BCUT2D eigenvalue weighted by molar-refractivity contribution is -0.132. The maximum absolute atomic E-state index is 13.0. The number of aliphatic hydroxyl groups excluding tert-OH is 1.